The van der Waals surface area contributed by atoms with Gasteiger partial charge in [0.2, 0.25) is 0 Å². The molecule has 0 spiro atoms. The Morgan fingerprint density at radius 3 is 2.83 bits per heavy atom. The van der Waals surface area contributed by atoms with Crippen molar-refractivity contribution in [2.24, 2.45) is 0 Å². The molecule has 3 aromatic heterocycles. The van der Waals surface area contributed by atoms with Crippen molar-refractivity contribution in [3.8, 4) is 5.95 Å². The third-order valence-corrected chi connectivity index (χ3v) is 4.53. The van der Waals surface area contributed by atoms with Crippen molar-refractivity contribution in [3.63, 3.8) is 0 Å². The van der Waals surface area contributed by atoms with E-state index >= 15 is 0 Å². The molecule has 13 nitrogen and oxygen atoms in total. The van der Waals surface area contributed by atoms with Crippen LogP contribution in [0.2, 0.25) is 0 Å². The van der Waals surface area contributed by atoms with Gasteiger partial charge in [-0.15, -0.1) is 0 Å². The van der Waals surface area contributed by atoms with Gasteiger partial charge in [-0.25, -0.2) is 14.5 Å². The summed E-state index contributed by atoms with van der Waals surface area (Å²) >= 11 is 0. The molecule has 1 fully saturated rings. The summed E-state index contributed by atoms with van der Waals surface area (Å²) in [5, 5.41) is 33.6. The summed E-state index contributed by atoms with van der Waals surface area (Å²) < 4.78 is 13.1. The Morgan fingerprint density at radius 1 is 1.34 bits per heavy atom. The lowest BCUT2D eigenvalue weighted by Crippen LogP contribution is -2.33. The summed E-state index contributed by atoms with van der Waals surface area (Å²) in [6.07, 6.45) is -0.542. The molecule has 0 radical (unpaired) electrons. The second-order valence-electron chi connectivity index (χ2n) is 6.36. The molecule has 0 bridgehead atoms. The number of esters is 1. The highest BCUT2D eigenvalue weighted by Crippen LogP contribution is 2.32. The monoisotopic (exact) mass is 405 g/mol. The van der Waals surface area contributed by atoms with Crippen LogP contribution in [0.15, 0.2) is 18.7 Å². The van der Waals surface area contributed by atoms with Crippen molar-refractivity contribution >= 4 is 23.0 Å². The molecule has 0 aliphatic carbocycles. The van der Waals surface area contributed by atoms with Crippen LogP contribution in [0.3, 0.4) is 0 Å². The first-order chi connectivity index (χ1) is 13.9. The SMILES string of the molecule is CCOC(=O)c1cnn(-c2nc(N)c3ncn([C@@H]4OC(CO)[C@@H](O)[C@H]4O)c3n2)c1. The summed E-state index contributed by atoms with van der Waals surface area (Å²) in [6.45, 7) is 1.45. The Hall–Kier alpha value is -3.13. The molecular weight excluding hydrogens is 386 g/mol. The van der Waals surface area contributed by atoms with E-state index in [1.807, 2.05) is 0 Å². The molecule has 13 heteroatoms. The fraction of sp³-hybridized carbons (Fsp3) is 0.438. The zero-order valence-corrected chi connectivity index (χ0v) is 15.3. The maximum absolute atomic E-state index is 11.8. The number of aliphatic hydroxyl groups is 3. The lowest BCUT2D eigenvalue weighted by atomic mass is 10.1. The lowest BCUT2D eigenvalue weighted by Gasteiger charge is -2.16. The molecule has 4 rings (SSSR count). The van der Waals surface area contributed by atoms with Crippen molar-refractivity contribution in [3.05, 3.63) is 24.3 Å². The van der Waals surface area contributed by atoms with E-state index in [1.54, 1.807) is 6.92 Å². The minimum Gasteiger partial charge on any atom is -0.462 e. The first-order valence-electron chi connectivity index (χ1n) is 8.79. The number of rotatable bonds is 5. The van der Waals surface area contributed by atoms with Gasteiger partial charge < -0.3 is 30.5 Å². The smallest absolute Gasteiger partial charge is 0.341 e. The van der Waals surface area contributed by atoms with Crippen molar-refractivity contribution < 1.29 is 29.6 Å². The van der Waals surface area contributed by atoms with E-state index in [0.29, 0.717) is 0 Å². The van der Waals surface area contributed by atoms with E-state index in [9.17, 15) is 20.1 Å². The van der Waals surface area contributed by atoms with Crippen LogP contribution in [0.4, 0.5) is 5.82 Å². The van der Waals surface area contributed by atoms with Gasteiger partial charge in [-0.1, -0.05) is 0 Å². The highest BCUT2D eigenvalue weighted by molar-refractivity contribution is 5.89. The molecule has 29 heavy (non-hydrogen) atoms. The average Bonchev–Trinajstić information content (AvgIpc) is 3.41. The van der Waals surface area contributed by atoms with Crippen molar-refractivity contribution in [2.45, 2.75) is 31.5 Å². The molecule has 5 N–H and O–H groups in total. The number of fused-ring (bicyclic) bond motifs is 1. The molecule has 1 unspecified atom stereocenters. The lowest BCUT2D eigenvalue weighted by molar-refractivity contribution is -0.0511. The fourth-order valence-corrected chi connectivity index (χ4v) is 3.08. The summed E-state index contributed by atoms with van der Waals surface area (Å²) in [5.74, 6) is -0.438. The number of anilines is 1. The van der Waals surface area contributed by atoms with Crippen LogP contribution in [0.1, 0.15) is 23.5 Å². The van der Waals surface area contributed by atoms with Gasteiger partial charge in [-0.2, -0.15) is 15.1 Å². The number of carbonyl (C=O) groups is 1. The zero-order chi connectivity index (χ0) is 20.7. The number of nitrogen functional groups attached to an aromatic ring is 1. The van der Waals surface area contributed by atoms with Gasteiger partial charge in [0.25, 0.3) is 5.95 Å². The zero-order valence-electron chi connectivity index (χ0n) is 15.3. The molecule has 1 saturated heterocycles. The van der Waals surface area contributed by atoms with Crippen LogP contribution < -0.4 is 5.73 Å². The molecule has 4 atom stereocenters. The van der Waals surface area contributed by atoms with Crippen LogP contribution in [-0.2, 0) is 9.47 Å². The van der Waals surface area contributed by atoms with E-state index in [1.165, 1.54) is 28.0 Å². The van der Waals surface area contributed by atoms with Gasteiger partial charge in [0.05, 0.1) is 31.3 Å². The average molecular weight is 405 g/mol. The standard InChI is InChI=1S/C16H19N7O6/c1-2-28-15(27)7-3-19-23(4-7)16-20-12(17)9-13(21-16)22(6-18-9)14-11(26)10(25)8(5-24)29-14/h3-4,6,8,10-11,14,24-26H,2,5H2,1H3,(H2,17,20,21)/t8?,10-,11-,14-/m1/s1. The minimum absolute atomic E-state index is 0.0451. The number of nitrogens with zero attached hydrogens (tertiary/aromatic N) is 6. The van der Waals surface area contributed by atoms with E-state index in [-0.39, 0.29) is 35.1 Å². The molecule has 1 aliphatic heterocycles. The summed E-state index contributed by atoms with van der Waals surface area (Å²) in [5.41, 5.74) is 6.67. The molecule has 0 aromatic carbocycles. The van der Waals surface area contributed by atoms with Crippen LogP contribution >= 0.6 is 0 Å². The maximum Gasteiger partial charge on any atom is 0.341 e. The van der Waals surface area contributed by atoms with Gasteiger partial charge in [-0.3, -0.25) is 4.57 Å². The summed E-state index contributed by atoms with van der Waals surface area (Å²) in [7, 11) is 0. The predicted molar refractivity (Wildman–Crippen MR) is 95.8 cm³/mol. The fourth-order valence-electron chi connectivity index (χ4n) is 3.08. The maximum atomic E-state index is 11.8. The number of nitrogens with two attached hydrogens (primary N) is 1. The number of ether oxygens (including phenoxy) is 2. The highest BCUT2D eigenvalue weighted by Gasteiger charge is 2.44. The number of imidazole rings is 1. The minimum atomic E-state index is -1.32. The molecule has 1 aliphatic rings. The van der Waals surface area contributed by atoms with Gasteiger partial charge in [0.15, 0.2) is 17.7 Å². The molecule has 154 valence electrons. The Kier molecular flexibility index (Phi) is 4.87. The summed E-state index contributed by atoms with van der Waals surface area (Å²) in [4.78, 5) is 24.5. The van der Waals surface area contributed by atoms with Crippen molar-refractivity contribution in [2.75, 3.05) is 18.9 Å². The first kappa shape index (κ1) is 19.2. The van der Waals surface area contributed by atoms with Crippen molar-refractivity contribution in [1.82, 2.24) is 29.3 Å². The quantitative estimate of drug-likeness (QED) is 0.358. The molecule has 0 amide bonds. The molecule has 3 aromatic rings. The predicted octanol–water partition coefficient (Wildman–Crippen LogP) is -1.62. The van der Waals surface area contributed by atoms with E-state index in [2.05, 4.69) is 20.1 Å². The molecule has 0 saturated carbocycles. The Morgan fingerprint density at radius 2 is 2.14 bits per heavy atom. The second-order valence-corrected chi connectivity index (χ2v) is 6.36. The third-order valence-electron chi connectivity index (χ3n) is 4.53. The first-order valence-corrected chi connectivity index (χ1v) is 8.79. The van der Waals surface area contributed by atoms with E-state index in [4.69, 9.17) is 15.2 Å². The second kappa shape index (κ2) is 7.36. The Balaban J connectivity index is 1.74. The summed E-state index contributed by atoms with van der Waals surface area (Å²) in [6, 6.07) is 0. The number of hydrogen-bond donors (Lipinski definition) is 4. The number of aliphatic hydroxyl groups excluding tert-OH is 3. The van der Waals surface area contributed by atoms with Gasteiger partial charge in [0, 0.05) is 6.20 Å². The number of aromatic nitrogens is 6. The van der Waals surface area contributed by atoms with Crippen LogP contribution in [-0.4, -0.2) is 82.1 Å². The van der Waals surface area contributed by atoms with Gasteiger partial charge >= 0.3 is 5.97 Å². The molecular formula is C16H19N7O6. The van der Waals surface area contributed by atoms with E-state index in [0.717, 1.165) is 0 Å². The van der Waals surface area contributed by atoms with Crippen LogP contribution in [0.5, 0.6) is 0 Å². The third kappa shape index (κ3) is 3.19. The van der Waals surface area contributed by atoms with E-state index < -0.39 is 37.1 Å². The van der Waals surface area contributed by atoms with Gasteiger partial charge in [-0.05, 0) is 6.92 Å². The highest BCUT2D eigenvalue weighted by atomic mass is 16.6. The Bertz CT molecular complexity index is 1050. The van der Waals surface area contributed by atoms with Crippen LogP contribution in [0, 0.1) is 0 Å². The topological polar surface area (TPSA) is 184 Å². The van der Waals surface area contributed by atoms with Gasteiger partial charge in [0.1, 0.15) is 23.8 Å². The van der Waals surface area contributed by atoms with Crippen molar-refractivity contribution in [1.29, 1.82) is 0 Å². The number of carbonyl (C=O) groups excluding carboxylic acids is 1. The molecule has 4 heterocycles. The number of hydrogen-bond acceptors (Lipinski definition) is 11. The largest absolute Gasteiger partial charge is 0.462 e. The van der Waals surface area contributed by atoms with Crippen LogP contribution in [0.25, 0.3) is 17.1 Å². The normalized spacial score (nSPS) is 24.3. The Labute approximate surface area is 163 Å².